The zero-order valence-electron chi connectivity index (χ0n) is 8.25. The highest BCUT2D eigenvalue weighted by atomic mass is 16.6. The summed E-state index contributed by atoms with van der Waals surface area (Å²) in [5.41, 5.74) is 2.69. The molecule has 1 fully saturated rings. The van der Waals surface area contributed by atoms with E-state index in [4.69, 9.17) is 4.74 Å². The number of hydrazine groups is 1. The lowest BCUT2D eigenvalue weighted by atomic mass is 10.4. The van der Waals surface area contributed by atoms with Gasteiger partial charge in [-0.1, -0.05) is 0 Å². The van der Waals surface area contributed by atoms with E-state index in [1.165, 1.54) is 0 Å². The van der Waals surface area contributed by atoms with Crippen molar-refractivity contribution in [2.75, 3.05) is 39.8 Å². The van der Waals surface area contributed by atoms with E-state index in [2.05, 4.69) is 17.4 Å². The van der Waals surface area contributed by atoms with Crippen molar-refractivity contribution in [3.8, 4) is 0 Å². The van der Waals surface area contributed by atoms with E-state index in [1.54, 1.807) is 6.92 Å². The predicted molar refractivity (Wildman–Crippen MR) is 49.2 cm³/mol. The highest BCUT2D eigenvalue weighted by Gasteiger charge is 2.15. The van der Waals surface area contributed by atoms with Gasteiger partial charge in [0.05, 0.1) is 6.61 Å². The van der Waals surface area contributed by atoms with Crippen LogP contribution >= 0.6 is 0 Å². The number of carbonyl (C=O) groups excluding carboxylic acids is 1. The summed E-state index contributed by atoms with van der Waals surface area (Å²) >= 11 is 0. The first kappa shape index (κ1) is 10.3. The third-order valence-corrected chi connectivity index (χ3v) is 2.03. The number of carbonyl (C=O) groups is 1. The lowest BCUT2D eigenvalue weighted by molar-refractivity contribution is 0.0789. The Morgan fingerprint density at radius 2 is 2.00 bits per heavy atom. The lowest BCUT2D eigenvalue weighted by Crippen LogP contribution is -2.52. The van der Waals surface area contributed by atoms with Gasteiger partial charge in [0.2, 0.25) is 0 Å². The van der Waals surface area contributed by atoms with Crippen LogP contribution in [0.4, 0.5) is 4.79 Å². The first-order chi connectivity index (χ1) is 6.22. The molecule has 1 N–H and O–H groups in total. The topological polar surface area (TPSA) is 44.8 Å². The Morgan fingerprint density at radius 3 is 2.54 bits per heavy atom. The fourth-order valence-corrected chi connectivity index (χ4v) is 1.21. The molecular formula is C8H17N3O2. The Labute approximate surface area is 78.6 Å². The first-order valence-electron chi connectivity index (χ1n) is 4.59. The third kappa shape index (κ3) is 3.61. The zero-order valence-corrected chi connectivity index (χ0v) is 8.25. The first-order valence-corrected chi connectivity index (χ1v) is 4.59. The van der Waals surface area contributed by atoms with E-state index in [0.717, 1.165) is 26.2 Å². The summed E-state index contributed by atoms with van der Waals surface area (Å²) in [5, 5.41) is 1.89. The summed E-state index contributed by atoms with van der Waals surface area (Å²) in [6, 6.07) is 0. The van der Waals surface area contributed by atoms with Gasteiger partial charge in [-0.15, -0.1) is 0 Å². The number of likely N-dealkylation sites (N-methyl/N-ethyl adjacent to an activating group) is 1. The number of hydrogen-bond acceptors (Lipinski definition) is 4. The summed E-state index contributed by atoms with van der Waals surface area (Å²) in [5.74, 6) is 0. The molecule has 0 aromatic carbocycles. The van der Waals surface area contributed by atoms with Crippen molar-refractivity contribution in [1.29, 1.82) is 0 Å². The molecule has 1 amide bonds. The molecule has 0 radical (unpaired) electrons. The molecular weight excluding hydrogens is 170 g/mol. The van der Waals surface area contributed by atoms with E-state index < -0.39 is 0 Å². The fraction of sp³-hybridized carbons (Fsp3) is 0.875. The second kappa shape index (κ2) is 5.04. The second-order valence-corrected chi connectivity index (χ2v) is 3.12. The van der Waals surface area contributed by atoms with E-state index in [9.17, 15) is 4.79 Å². The molecule has 0 saturated carbocycles. The fourth-order valence-electron chi connectivity index (χ4n) is 1.21. The van der Waals surface area contributed by atoms with Gasteiger partial charge in [-0.3, -0.25) is 5.43 Å². The van der Waals surface area contributed by atoms with Gasteiger partial charge in [-0.05, 0) is 14.0 Å². The van der Waals surface area contributed by atoms with Gasteiger partial charge >= 0.3 is 6.09 Å². The molecule has 5 nitrogen and oxygen atoms in total. The average molecular weight is 187 g/mol. The van der Waals surface area contributed by atoms with Gasteiger partial charge in [-0.2, -0.15) is 0 Å². The smallest absolute Gasteiger partial charge is 0.421 e. The second-order valence-electron chi connectivity index (χ2n) is 3.12. The number of hydrogen-bond donors (Lipinski definition) is 1. The van der Waals surface area contributed by atoms with Crippen LogP contribution in [-0.4, -0.2) is 55.8 Å². The maximum Gasteiger partial charge on any atom is 0.421 e. The third-order valence-electron chi connectivity index (χ3n) is 2.03. The molecule has 0 aromatic heterocycles. The van der Waals surface area contributed by atoms with E-state index in [0.29, 0.717) is 6.61 Å². The molecule has 1 aliphatic rings. The van der Waals surface area contributed by atoms with Crippen molar-refractivity contribution < 1.29 is 9.53 Å². The van der Waals surface area contributed by atoms with Crippen molar-refractivity contribution in [3.05, 3.63) is 0 Å². The number of ether oxygens (including phenoxy) is 1. The highest BCUT2D eigenvalue weighted by Crippen LogP contribution is 1.95. The summed E-state index contributed by atoms with van der Waals surface area (Å²) < 4.78 is 4.77. The number of piperazine rings is 1. The minimum Gasteiger partial charge on any atom is -0.449 e. The molecule has 0 unspecified atom stereocenters. The van der Waals surface area contributed by atoms with Gasteiger partial charge in [-0.25, -0.2) is 9.80 Å². The highest BCUT2D eigenvalue weighted by molar-refractivity contribution is 5.66. The number of amides is 1. The zero-order chi connectivity index (χ0) is 9.68. The Kier molecular flexibility index (Phi) is 3.98. The maximum absolute atomic E-state index is 11.0. The number of rotatable bonds is 2. The molecule has 5 heteroatoms. The Morgan fingerprint density at radius 1 is 1.38 bits per heavy atom. The van der Waals surface area contributed by atoms with Crippen molar-refractivity contribution in [3.63, 3.8) is 0 Å². The summed E-state index contributed by atoms with van der Waals surface area (Å²) in [6.07, 6.45) is -0.355. The van der Waals surface area contributed by atoms with Gasteiger partial charge in [0, 0.05) is 26.2 Å². The maximum atomic E-state index is 11.0. The van der Waals surface area contributed by atoms with E-state index in [-0.39, 0.29) is 6.09 Å². The van der Waals surface area contributed by atoms with E-state index in [1.807, 2.05) is 5.01 Å². The Balaban J connectivity index is 2.18. The van der Waals surface area contributed by atoms with Crippen LogP contribution in [-0.2, 0) is 4.74 Å². The standard InChI is InChI=1S/C8H17N3O2/c1-3-13-8(12)9-11-6-4-10(2)5-7-11/h3-7H2,1-2H3,(H,9,12). The summed E-state index contributed by atoms with van der Waals surface area (Å²) in [7, 11) is 2.07. The minimum absolute atomic E-state index is 0.355. The van der Waals surface area contributed by atoms with Crippen molar-refractivity contribution in [2.24, 2.45) is 0 Å². The monoisotopic (exact) mass is 187 g/mol. The SMILES string of the molecule is CCOC(=O)NN1CCN(C)CC1. The summed E-state index contributed by atoms with van der Waals surface area (Å²) in [6.45, 7) is 5.88. The van der Waals surface area contributed by atoms with Crippen LogP contribution in [0.2, 0.25) is 0 Å². The largest absolute Gasteiger partial charge is 0.449 e. The molecule has 0 aliphatic carbocycles. The van der Waals surface area contributed by atoms with Gasteiger partial charge in [0.1, 0.15) is 0 Å². The molecule has 0 atom stereocenters. The normalized spacial score (nSPS) is 19.8. The van der Waals surface area contributed by atoms with Crippen LogP contribution in [0.25, 0.3) is 0 Å². The Bertz CT molecular complexity index is 167. The molecule has 0 aromatic rings. The summed E-state index contributed by atoms with van der Waals surface area (Å²) in [4.78, 5) is 13.2. The van der Waals surface area contributed by atoms with Gasteiger partial charge in [0.25, 0.3) is 0 Å². The van der Waals surface area contributed by atoms with Crippen LogP contribution in [0, 0.1) is 0 Å². The minimum atomic E-state index is -0.355. The molecule has 0 spiro atoms. The van der Waals surface area contributed by atoms with Crippen molar-refractivity contribution in [1.82, 2.24) is 15.3 Å². The van der Waals surface area contributed by atoms with Gasteiger partial charge in [0.15, 0.2) is 0 Å². The van der Waals surface area contributed by atoms with Crippen LogP contribution < -0.4 is 5.43 Å². The van der Waals surface area contributed by atoms with Crippen molar-refractivity contribution >= 4 is 6.09 Å². The molecule has 1 heterocycles. The van der Waals surface area contributed by atoms with Crippen LogP contribution in [0.15, 0.2) is 0 Å². The molecule has 0 bridgehead atoms. The number of nitrogens with one attached hydrogen (secondary N) is 1. The molecule has 13 heavy (non-hydrogen) atoms. The molecule has 1 saturated heterocycles. The predicted octanol–water partition coefficient (Wildman–Crippen LogP) is -0.105. The quantitative estimate of drug-likeness (QED) is 0.655. The van der Waals surface area contributed by atoms with Crippen LogP contribution in [0.3, 0.4) is 0 Å². The number of nitrogens with zero attached hydrogens (tertiary/aromatic N) is 2. The van der Waals surface area contributed by atoms with Crippen molar-refractivity contribution in [2.45, 2.75) is 6.92 Å². The lowest BCUT2D eigenvalue weighted by Gasteiger charge is -2.31. The Hall–Kier alpha value is -0.810. The molecule has 1 rings (SSSR count). The van der Waals surface area contributed by atoms with E-state index >= 15 is 0 Å². The molecule has 1 aliphatic heterocycles. The van der Waals surface area contributed by atoms with Gasteiger partial charge < -0.3 is 9.64 Å². The molecule has 76 valence electrons. The van der Waals surface area contributed by atoms with Crippen LogP contribution in [0.1, 0.15) is 6.92 Å². The van der Waals surface area contributed by atoms with Crippen LogP contribution in [0.5, 0.6) is 0 Å². The average Bonchev–Trinajstić information content (AvgIpc) is 2.09.